The van der Waals surface area contributed by atoms with Crippen molar-refractivity contribution in [3.63, 3.8) is 0 Å². The highest BCUT2D eigenvalue weighted by Crippen LogP contribution is 2.24. The average molecular weight is 365 g/mol. The van der Waals surface area contributed by atoms with E-state index in [2.05, 4.69) is 20.5 Å². The predicted molar refractivity (Wildman–Crippen MR) is 95.5 cm³/mol. The minimum Gasteiger partial charge on any atom is -0.497 e. The highest BCUT2D eigenvalue weighted by Gasteiger charge is 2.18. The summed E-state index contributed by atoms with van der Waals surface area (Å²) < 4.78 is 25.5. The number of hydrogen-bond acceptors (Lipinski definition) is 6. The van der Waals surface area contributed by atoms with Crippen molar-refractivity contribution in [3.8, 4) is 28.7 Å². The van der Waals surface area contributed by atoms with E-state index in [9.17, 15) is 4.39 Å². The number of halogens is 1. The zero-order chi connectivity index (χ0) is 18.8. The van der Waals surface area contributed by atoms with Gasteiger partial charge in [-0.2, -0.15) is 4.98 Å². The van der Waals surface area contributed by atoms with Gasteiger partial charge in [-0.05, 0) is 48.9 Å². The standard InChI is InChI=1S/C19H16FN5O2/c1-12-17(22-24-25(12)11-13-4-3-5-15(20)10-13)18-21-19(27-23-18)14-6-8-16(26-2)9-7-14/h3-10H,11H2,1-2H3. The molecule has 0 aliphatic carbocycles. The minimum absolute atomic E-state index is 0.284. The largest absolute Gasteiger partial charge is 0.497 e. The second-order valence-electron chi connectivity index (χ2n) is 5.96. The summed E-state index contributed by atoms with van der Waals surface area (Å²) in [7, 11) is 1.61. The number of ether oxygens (including phenoxy) is 1. The van der Waals surface area contributed by atoms with E-state index in [0.29, 0.717) is 24.0 Å². The number of methoxy groups -OCH3 is 1. The maximum Gasteiger partial charge on any atom is 0.258 e. The molecule has 0 radical (unpaired) electrons. The molecule has 0 N–H and O–H groups in total. The van der Waals surface area contributed by atoms with Gasteiger partial charge in [-0.3, -0.25) is 0 Å². The highest BCUT2D eigenvalue weighted by atomic mass is 19.1. The molecule has 0 spiro atoms. The van der Waals surface area contributed by atoms with Crippen LogP contribution in [0.4, 0.5) is 4.39 Å². The third kappa shape index (κ3) is 3.41. The lowest BCUT2D eigenvalue weighted by Gasteiger charge is -2.03. The lowest BCUT2D eigenvalue weighted by Crippen LogP contribution is -2.04. The Hall–Kier alpha value is -3.55. The zero-order valence-corrected chi connectivity index (χ0v) is 14.8. The second-order valence-corrected chi connectivity index (χ2v) is 5.96. The summed E-state index contributed by atoms with van der Waals surface area (Å²) in [6.07, 6.45) is 0. The zero-order valence-electron chi connectivity index (χ0n) is 14.8. The molecule has 2 aromatic carbocycles. The third-order valence-electron chi connectivity index (χ3n) is 4.18. The van der Waals surface area contributed by atoms with Crippen molar-refractivity contribution in [1.29, 1.82) is 0 Å². The van der Waals surface area contributed by atoms with Crippen LogP contribution in [0.5, 0.6) is 5.75 Å². The number of rotatable bonds is 5. The van der Waals surface area contributed by atoms with Gasteiger partial charge in [-0.1, -0.05) is 22.5 Å². The molecule has 0 aliphatic heterocycles. The SMILES string of the molecule is COc1ccc(-c2nc(-c3nnn(Cc4cccc(F)c4)c3C)no2)cc1. The van der Waals surface area contributed by atoms with Crippen LogP contribution in [0.15, 0.2) is 53.1 Å². The summed E-state index contributed by atoms with van der Waals surface area (Å²) in [6, 6.07) is 13.7. The maximum absolute atomic E-state index is 13.4. The Morgan fingerprint density at radius 3 is 2.70 bits per heavy atom. The summed E-state index contributed by atoms with van der Waals surface area (Å²) in [5, 5.41) is 12.3. The predicted octanol–water partition coefficient (Wildman–Crippen LogP) is 3.50. The Kier molecular flexibility index (Phi) is 4.37. The van der Waals surface area contributed by atoms with Crippen molar-refractivity contribution in [2.24, 2.45) is 0 Å². The van der Waals surface area contributed by atoms with Gasteiger partial charge in [0.05, 0.1) is 19.3 Å². The molecule has 0 fully saturated rings. The smallest absolute Gasteiger partial charge is 0.258 e. The van der Waals surface area contributed by atoms with Gasteiger partial charge >= 0.3 is 0 Å². The van der Waals surface area contributed by atoms with Crippen LogP contribution in [-0.4, -0.2) is 32.2 Å². The Labute approximate surface area is 154 Å². The molecule has 0 amide bonds. The molecular formula is C19H16FN5O2. The Morgan fingerprint density at radius 1 is 1.15 bits per heavy atom. The summed E-state index contributed by atoms with van der Waals surface area (Å²) in [6.45, 7) is 2.26. The molecule has 8 heteroatoms. The lowest BCUT2D eigenvalue weighted by molar-refractivity contribution is 0.414. The number of hydrogen-bond donors (Lipinski definition) is 0. The molecule has 0 bridgehead atoms. The van der Waals surface area contributed by atoms with Gasteiger partial charge in [0, 0.05) is 5.56 Å². The molecule has 27 heavy (non-hydrogen) atoms. The molecule has 0 unspecified atom stereocenters. The highest BCUT2D eigenvalue weighted by molar-refractivity contribution is 5.59. The van der Waals surface area contributed by atoms with Crippen LogP contribution >= 0.6 is 0 Å². The fraction of sp³-hybridized carbons (Fsp3) is 0.158. The van der Waals surface area contributed by atoms with Gasteiger partial charge in [0.1, 0.15) is 11.6 Å². The molecule has 0 saturated heterocycles. The van der Waals surface area contributed by atoms with E-state index in [-0.39, 0.29) is 5.82 Å². The van der Waals surface area contributed by atoms with Crippen LogP contribution in [0.25, 0.3) is 23.0 Å². The Morgan fingerprint density at radius 2 is 1.96 bits per heavy atom. The van der Waals surface area contributed by atoms with Crippen LogP contribution in [-0.2, 0) is 6.54 Å². The van der Waals surface area contributed by atoms with E-state index in [4.69, 9.17) is 9.26 Å². The summed E-state index contributed by atoms with van der Waals surface area (Å²) in [4.78, 5) is 4.41. The third-order valence-corrected chi connectivity index (χ3v) is 4.18. The molecule has 7 nitrogen and oxygen atoms in total. The molecule has 2 aromatic heterocycles. The van der Waals surface area contributed by atoms with Gasteiger partial charge in [0.25, 0.3) is 5.89 Å². The van der Waals surface area contributed by atoms with E-state index in [1.165, 1.54) is 12.1 Å². The van der Waals surface area contributed by atoms with E-state index >= 15 is 0 Å². The van der Waals surface area contributed by atoms with E-state index in [0.717, 1.165) is 22.6 Å². The van der Waals surface area contributed by atoms with Crippen molar-refractivity contribution in [1.82, 2.24) is 25.1 Å². The lowest BCUT2D eigenvalue weighted by atomic mass is 10.2. The quantitative estimate of drug-likeness (QED) is 0.539. The topological polar surface area (TPSA) is 78.9 Å². The first kappa shape index (κ1) is 16.9. The van der Waals surface area contributed by atoms with Crippen molar-refractivity contribution < 1.29 is 13.7 Å². The number of aromatic nitrogens is 5. The number of nitrogens with zero attached hydrogens (tertiary/aromatic N) is 5. The van der Waals surface area contributed by atoms with E-state index < -0.39 is 0 Å². The van der Waals surface area contributed by atoms with Gasteiger partial charge in [0.15, 0.2) is 5.69 Å². The Bertz CT molecular complexity index is 1070. The van der Waals surface area contributed by atoms with Gasteiger partial charge in [0.2, 0.25) is 5.82 Å². The van der Waals surface area contributed by atoms with E-state index in [1.54, 1.807) is 17.9 Å². The fourth-order valence-corrected chi connectivity index (χ4v) is 2.70. The van der Waals surface area contributed by atoms with Gasteiger partial charge < -0.3 is 9.26 Å². The minimum atomic E-state index is -0.284. The molecule has 136 valence electrons. The molecule has 2 heterocycles. The maximum atomic E-state index is 13.4. The summed E-state index contributed by atoms with van der Waals surface area (Å²) >= 11 is 0. The first-order chi connectivity index (χ1) is 13.1. The Balaban J connectivity index is 1.59. The van der Waals surface area contributed by atoms with Crippen LogP contribution in [0.3, 0.4) is 0 Å². The van der Waals surface area contributed by atoms with Gasteiger partial charge in [-0.25, -0.2) is 9.07 Å². The van der Waals surface area contributed by atoms with Crippen molar-refractivity contribution in [2.75, 3.05) is 7.11 Å². The van der Waals surface area contributed by atoms with Crippen molar-refractivity contribution in [3.05, 3.63) is 65.6 Å². The van der Waals surface area contributed by atoms with Crippen molar-refractivity contribution >= 4 is 0 Å². The van der Waals surface area contributed by atoms with E-state index in [1.807, 2.05) is 37.3 Å². The molecule has 0 atom stereocenters. The normalized spacial score (nSPS) is 10.9. The summed E-state index contributed by atoms with van der Waals surface area (Å²) in [5.41, 5.74) is 2.86. The van der Waals surface area contributed by atoms with Crippen LogP contribution in [0.1, 0.15) is 11.3 Å². The number of benzene rings is 2. The van der Waals surface area contributed by atoms with Crippen LogP contribution in [0, 0.1) is 12.7 Å². The van der Waals surface area contributed by atoms with Crippen molar-refractivity contribution in [2.45, 2.75) is 13.5 Å². The van der Waals surface area contributed by atoms with Crippen LogP contribution < -0.4 is 4.74 Å². The molecule has 0 aliphatic rings. The first-order valence-corrected chi connectivity index (χ1v) is 8.27. The molecule has 0 saturated carbocycles. The monoisotopic (exact) mass is 365 g/mol. The first-order valence-electron chi connectivity index (χ1n) is 8.27. The molecular weight excluding hydrogens is 349 g/mol. The molecule has 4 aromatic rings. The fourth-order valence-electron chi connectivity index (χ4n) is 2.70. The average Bonchev–Trinajstić information content (AvgIpc) is 3.29. The summed E-state index contributed by atoms with van der Waals surface area (Å²) in [5.74, 6) is 1.19. The van der Waals surface area contributed by atoms with Crippen LogP contribution in [0.2, 0.25) is 0 Å². The van der Waals surface area contributed by atoms with Gasteiger partial charge in [-0.15, -0.1) is 5.10 Å². The second kappa shape index (κ2) is 6.99. The molecule has 4 rings (SSSR count).